The van der Waals surface area contributed by atoms with Crippen LogP contribution >= 0.6 is 0 Å². The highest BCUT2D eigenvalue weighted by Gasteiger charge is 2.39. The number of nitrogens with zero attached hydrogens (tertiary/aromatic N) is 2. The first kappa shape index (κ1) is 14.3. The minimum absolute atomic E-state index is 0.278. The second-order valence-corrected chi connectivity index (χ2v) is 7.31. The fourth-order valence-corrected chi connectivity index (χ4v) is 3.80. The smallest absolute Gasteiger partial charge is 0.0270 e. The molecule has 0 amide bonds. The van der Waals surface area contributed by atoms with Gasteiger partial charge in [-0.2, -0.15) is 0 Å². The third-order valence-corrected chi connectivity index (χ3v) is 4.86. The van der Waals surface area contributed by atoms with Crippen LogP contribution in [0.2, 0.25) is 0 Å². The number of piperazine rings is 1. The predicted octanol–water partition coefficient (Wildman–Crippen LogP) is 1.92. The van der Waals surface area contributed by atoms with Crippen molar-refractivity contribution in [2.45, 2.75) is 65.1 Å². The molecule has 3 heteroatoms. The van der Waals surface area contributed by atoms with Crippen LogP contribution in [0.25, 0.3) is 0 Å². The summed E-state index contributed by atoms with van der Waals surface area (Å²) in [6.07, 6.45) is 4.18. The van der Waals surface area contributed by atoms with Crippen molar-refractivity contribution in [2.24, 2.45) is 11.1 Å². The topological polar surface area (TPSA) is 32.5 Å². The van der Waals surface area contributed by atoms with Crippen LogP contribution in [-0.2, 0) is 0 Å². The Morgan fingerprint density at radius 3 is 2.56 bits per heavy atom. The van der Waals surface area contributed by atoms with E-state index >= 15 is 0 Å². The van der Waals surface area contributed by atoms with Crippen molar-refractivity contribution in [3.8, 4) is 0 Å². The van der Waals surface area contributed by atoms with Gasteiger partial charge in [0.15, 0.2) is 0 Å². The summed E-state index contributed by atoms with van der Waals surface area (Å²) in [4.78, 5) is 5.40. The summed E-state index contributed by atoms with van der Waals surface area (Å²) in [6.45, 7) is 13.9. The summed E-state index contributed by atoms with van der Waals surface area (Å²) in [5, 5.41) is 0. The van der Waals surface area contributed by atoms with E-state index in [-0.39, 0.29) is 5.41 Å². The van der Waals surface area contributed by atoms with Crippen molar-refractivity contribution in [3.63, 3.8) is 0 Å². The van der Waals surface area contributed by atoms with E-state index in [1.807, 2.05) is 0 Å². The van der Waals surface area contributed by atoms with Gasteiger partial charge in [-0.15, -0.1) is 0 Å². The summed E-state index contributed by atoms with van der Waals surface area (Å²) >= 11 is 0. The Bertz CT molecular complexity index is 271. The molecule has 0 spiro atoms. The minimum Gasteiger partial charge on any atom is -0.329 e. The Labute approximate surface area is 113 Å². The molecule has 3 atom stereocenters. The fourth-order valence-electron chi connectivity index (χ4n) is 3.80. The number of fused-ring (bicyclic) bond motifs is 1. The van der Waals surface area contributed by atoms with Gasteiger partial charge in [-0.3, -0.25) is 9.80 Å². The Morgan fingerprint density at radius 2 is 1.94 bits per heavy atom. The Hall–Kier alpha value is -0.120. The highest BCUT2D eigenvalue weighted by Crippen LogP contribution is 2.31. The standard InChI is InChI=1S/C15H31N3/c1-12-10-17-8-6-5-7-13(17)11-18(12)14(9-16)15(2,3)4/h12-14H,5-11,16H2,1-4H3. The van der Waals surface area contributed by atoms with Crippen LogP contribution in [0.1, 0.15) is 47.0 Å². The second kappa shape index (κ2) is 5.48. The molecule has 2 aliphatic heterocycles. The van der Waals surface area contributed by atoms with Gasteiger partial charge in [0, 0.05) is 37.8 Å². The van der Waals surface area contributed by atoms with E-state index < -0.39 is 0 Å². The van der Waals surface area contributed by atoms with Crippen LogP contribution in [-0.4, -0.2) is 54.1 Å². The lowest BCUT2D eigenvalue weighted by molar-refractivity contribution is -0.0316. The molecule has 2 aliphatic rings. The van der Waals surface area contributed by atoms with Crippen LogP contribution < -0.4 is 5.73 Å². The molecular weight excluding hydrogens is 222 g/mol. The van der Waals surface area contributed by atoms with Crippen LogP contribution in [0.5, 0.6) is 0 Å². The number of rotatable bonds is 2. The normalized spacial score (nSPS) is 33.2. The molecule has 0 aromatic heterocycles. The molecule has 2 heterocycles. The Balaban J connectivity index is 2.08. The summed E-state index contributed by atoms with van der Waals surface area (Å²) in [7, 11) is 0. The highest BCUT2D eigenvalue weighted by molar-refractivity contribution is 4.95. The largest absolute Gasteiger partial charge is 0.329 e. The lowest BCUT2D eigenvalue weighted by Gasteiger charge is -2.52. The maximum absolute atomic E-state index is 6.06. The Kier molecular flexibility index (Phi) is 4.35. The van der Waals surface area contributed by atoms with Crippen LogP contribution in [0.4, 0.5) is 0 Å². The highest BCUT2D eigenvalue weighted by atomic mass is 15.3. The molecule has 3 unspecified atom stereocenters. The summed E-state index contributed by atoms with van der Waals surface area (Å²) < 4.78 is 0. The number of hydrogen-bond acceptors (Lipinski definition) is 3. The van der Waals surface area contributed by atoms with E-state index in [9.17, 15) is 0 Å². The maximum atomic E-state index is 6.06. The van der Waals surface area contributed by atoms with Gasteiger partial charge in [-0.05, 0) is 31.7 Å². The average Bonchev–Trinajstić information content (AvgIpc) is 2.29. The van der Waals surface area contributed by atoms with E-state index in [1.165, 1.54) is 38.9 Å². The monoisotopic (exact) mass is 253 g/mol. The molecule has 0 aromatic rings. The van der Waals surface area contributed by atoms with Crippen molar-refractivity contribution in [3.05, 3.63) is 0 Å². The van der Waals surface area contributed by atoms with E-state index in [4.69, 9.17) is 5.73 Å². The van der Waals surface area contributed by atoms with Gasteiger partial charge in [0.1, 0.15) is 0 Å². The second-order valence-electron chi connectivity index (χ2n) is 7.31. The molecule has 0 bridgehead atoms. The number of piperidine rings is 1. The van der Waals surface area contributed by atoms with Gasteiger partial charge in [0.25, 0.3) is 0 Å². The summed E-state index contributed by atoms with van der Waals surface area (Å²) in [6, 6.07) is 1.94. The first-order valence-electron chi connectivity index (χ1n) is 7.63. The molecule has 0 radical (unpaired) electrons. The maximum Gasteiger partial charge on any atom is 0.0270 e. The van der Waals surface area contributed by atoms with Gasteiger partial charge in [0.2, 0.25) is 0 Å². The molecule has 0 aliphatic carbocycles. The minimum atomic E-state index is 0.278. The van der Waals surface area contributed by atoms with E-state index in [2.05, 4.69) is 37.5 Å². The fraction of sp³-hybridized carbons (Fsp3) is 1.00. The summed E-state index contributed by atoms with van der Waals surface area (Å²) in [5.41, 5.74) is 6.34. The van der Waals surface area contributed by atoms with E-state index in [1.54, 1.807) is 0 Å². The van der Waals surface area contributed by atoms with Crippen molar-refractivity contribution in [1.82, 2.24) is 9.80 Å². The third-order valence-electron chi connectivity index (χ3n) is 4.86. The molecule has 2 rings (SSSR count). The lowest BCUT2D eigenvalue weighted by Crippen LogP contribution is -2.64. The molecule has 106 valence electrons. The molecule has 0 saturated carbocycles. The van der Waals surface area contributed by atoms with Gasteiger partial charge in [-0.1, -0.05) is 27.2 Å². The molecule has 3 nitrogen and oxygen atoms in total. The van der Waals surface area contributed by atoms with Gasteiger partial charge in [0.05, 0.1) is 0 Å². The Morgan fingerprint density at radius 1 is 1.22 bits per heavy atom. The quantitative estimate of drug-likeness (QED) is 0.816. The first-order valence-corrected chi connectivity index (χ1v) is 7.63. The van der Waals surface area contributed by atoms with Crippen molar-refractivity contribution in [1.29, 1.82) is 0 Å². The molecule has 0 aromatic carbocycles. The SMILES string of the molecule is CC1CN2CCCCC2CN1C(CN)C(C)(C)C. The average molecular weight is 253 g/mol. The first-order chi connectivity index (χ1) is 8.43. The molecule has 2 fully saturated rings. The zero-order valence-corrected chi connectivity index (χ0v) is 12.7. The van der Waals surface area contributed by atoms with Crippen LogP contribution in [0, 0.1) is 5.41 Å². The number of nitrogens with two attached hydrogens (primary N) is 1. The summed E-state index contributed by atoms with van der Waals surface area (Å²) in [5.74, 6) is 0. The van der Waals surface area contributed by atoms with Crippen molar-refractivity contribution >= 4 is 0 Å². The molecule has 2 saturated heterocycles. The molecule has 2 N–H and O–H groups in total. The number of hydrogen-bond donors (Lipinski definition) is 1. The molecular formula is C15H31N3. The van der Waals surface area contributed by atoms with Gasteiger partial charge in [-0.25, -0.2) is 0 Å². The zero-order valence-electron chi connectivity index (χ0n) is 12.7. The van der Waals surface area contributed by atoms with E-state index in [0.29, 0.717) is 12.1 Å². The van der Waals surface area contributed by atoms with Gasteiger partial charge >= 0.3 is 0 Å². The van der Waals surface area contributed by atoms with Crippen LogP contribution in [0.3, 0.4) is 0 Å². The third kappa shape index (κ3) is 2.89. The predicted molar refractivity (Wildman–Crippen MR) is 77.7 cm³/mol. The van der Waals surface area contributed by atoms with E-state index in [0.717, 1.165) is 12.6 Å². The lowest BCUT2D eigenvalue weighted by atomic mass is 9.83. The van der Waals surface area contributed by atoms with Gasteiger partial charge < -0.3 is 5.73 Å². The van der Waals surface area contributed by atoms with Crippen LogP contribution in [0.15, 0.2) is 0 Å². The van der Waals surface area contributed by atoms with Crippen molar-refractivity contribution in [2.75, 3.05) is 26.2 Å². The molecule has 18 heavy (non-hydrogen) atoms. The zero-order chi connectivity index (χ0) is 13.3. The van der Waals surface area contributed by atoms with Crippen molar-refractivity contribution < 1.29 is 0 Å².